The normalized spacial score (nSPS) is 12.0. The zero-order chi connectivity index (χ0) is 16.2. The van der Waals surface area contributed by atoms with E-state index in [1.807, 2.05) is 13.8 Å². The van der Waals surface area contributed by atoms with Gasteiger partial charge in [-0.2, -0.15) is 4.31 Å². The van der Waals surface area contributed by atoms with Gasteiger partial charge < -0.3 is 5.32 Å². The number of halogens is 2. The molecule has 1 aromatic rings. The highest BCUT2D eigenvalue weighted by Gasteiger charge is 2.21. The first-order chi connectivity index (χ1) is 9.59. The van der Waals surface area contributed by atoms with Crippen LogP contribution in [0.1, 0.15) is 13.8 Å². The van der Waals surface area contributed by atoms with Crippen molar-refractivity contribution in [1.82, 2.24) is 4.31 Å². The zero-order valence-electron chi connectivity index (χ0n) is 12.1. The molecular weight excluding hydrogens is 335 g/mol. The molecular formula is C13H18Cl2N2O3S. The topological polar surface area (TPSA) is 66.5 Å². The van der Waals surface area contributed by atoms with Crippen LogP contribution in [0.3, 0.4) is 0 Å². The van der Waals surface area contributed by atoms with Crippen LogP contribution in [0.5, 0.6) is 0 Å². The Balaban J connectivity index is 2.78. The molecule has 0 aliphatic heterocycles. The molecule has 1 aromatic carbocycles. The van der Waals surface area contributed by atoms with E-state index in [-0.39, 0.29) is 19.0 Å². The Hall–Kier alpha value is -0.820. The smallest absolute Gasteiger partial charge is 0.239 e. The lowest BCUT2D eigenvalue weighted by molar-refractivity contribution is -0.116. The summed E-state index contributed by atoms with van der Waals surface area (Å²) in [6.07, 6.45) is 1.08. The van der Waals surface area contributed by atoms with E-state index in [1.165, 1.54) is 6.07 Å². The standard InChI is InChI=1S/C13H18Cl2N2O3S/c1-9(2)7-17(21(3,19)20)8-13(18)16-12-5-4-10(14)6-11(12)15/h4-6,9H,7-8H2,1-3H3,(H,16,18). The molecule has 0 unspecified atom stereocenters. The van der Waals surface area contributed by atoms with Gasteiger partial charge in [0.2, 0.25) is 15.9 Å². The third-order valence-corrected chi connectivity index (χ3v) is 4.33. The summed E-state index contributed by atoms with van der Waals surface area (Å²) in [6, 6.07) is 4.66. The number of nitrogens with zero attached hydrogens (tertiary/aromatic N) is 1. The highest BCUT2D eigenvalue weighted by Crippen LogP contribution is 2.25. The summed E-state index contributed by atoms with van der Waals surface area (Å²) in [5.41, 5.74) is 0.393. The summed E-state index contributed by atoms with van der Waals surface area (Å²) in [5.74, 6) is -0.336. The Morgan fingerprint density at radius 3 is 2.43 bits per heavy atom. The molecule has 1 amide bonds. The minimum atomic E-state index is -3.45. The van der Waals surface area contributed by atoms with Gasteiger partial charge in [-0.3, -0.25) is 4.79 Å². The number of anilines is 1. The van der Waals surface area contributed by atoms with E-state index in [1.54, 1.807) is 12.1 Å². The third-order valence-electron chi connectivity index (χ3n) is 2.56. The third kappa shape index (κ3) is 6.22. The van der Waals surface area contributed by atoms with Crippen molar-refractivity contribution >= 4 is 44.8 Å². The number of rotatable bonds is 6. The molecule has 0 bridgehead atoms. The van der Waals surface area contributed by atoms with Crippen LogP contribution in [0.4, 0.5) is 5.69 Å². The number of benzene rings is 1. The molecule has 8 heteroatoms. The Labute approximate surface area is 135 Å². The maximum atomic E-state index is 12.0. The van der Waals surface area contributed by atoms with Gasteiger partial charge in [0.05, 0.1) is 23.5 Å². The van der Waals surface area contributed by atoms with E-state index in [2.05, 4.69) is 5.32 Å². The van der Waals surface area contributed by atoms with Crippen LogP contribution < -0.4 is 5.32 Å². The van der Waals surface area contributed by atoms with Crippen molar-refractivity contribution in [3.63, 3.8) is 0 Å². The van der Waals surface area contributed by atoms with Crippen molar-refractivity contribution in [2.45, 2.75) is 13.8 Å². The fraction of sp³-hybridized carbons (Fsp3) is 0.462. The molecule has 21 heavy (non-hydrogen) atoms. The fourth-order valence-corrected chi connectivity index (χ4v) is 3.04. The Kier molecular flexibility index (Phi) is 6.46. The van der Waals surface area contributed by atoms with Crippen molar-refractivity contribution in [2.75, 3.05) is 24.7 Å². The summed E-state index contributed by atoms with van der Waals surface area (Å²) >= 11 is 11.7. The van der Waals surface area contributed by atoms with Crippen LogP contribution in [0, 0.1) is 5.92 Å². The van der Waals surface area contributed by atoms with Crippen LogP contribution in [-0.2, 0) is 14.8 Å². The van der Waals surface area contributed by atoms with Gasteiger partial charge in [0.15, 0.2) is 0 Å². The van der Waals surface area contributed by atoms with E-state index in [0.29, 0.717) is 15.7 Å². The van der Waals surface area contributed by atoms with Crippen LogP contribution in [0.25, 0.3) is 0 Å². The molecule has 118 valence electrons. The Morgan fingerprint density at radius 2 is 1.95 bits per heavy atom. The van der Waals surface area contributed by atoms with Gasteiger partial charge in [-0.05, 0) is 24.1 Å². The number of sulfonamides is 1. The molecule has 0 fully saturated rings. The molecule has 0 heterocycles. The van der Waals surface area contributed by atoms with E-state index >= 15 is 0 Å². The van der Waals surface area contributed by atoms with Crippen LogP contribution >= 0.6 is 23.2 Å². The van der Waals surface area contributed by atoms with Gasteiger partial charge >= 0.3 is 0 Å². The van der Waals surface area contributed by atoms with Gasteiger partial charge in [-0.15, -0.1) is 0 Å². The number of hydrogen-bond donors (Lipinski definition) is 1. The quantitative estimate of drug-likeness (QED) is 0.855. The van der Waals surface area contributed by atoms with E-state index in [4.69, 9.17) is 23.2 Å². The van der Waals surface area contributed by atoms with Crippen LogP contribution in [0.2, 0.25) is 10.0 Å². The summed E-state index contributed by atoms with van der Waals surface area (Å²) < 4.78 is 24.5. The molecule has 1 N–H and O–H groups in total. The average molecular weight is 353 g/mol. The summed E-state index contributed by atoms with van der Waals surface area (Å²) in [5, 5.41) is 3.33. The molecule has 0 aromatic heterocycles. The first-order valence-corrected chi connectivity index (χ1v) is 8.90. The zero-order valence-corrected chi connectivity index (χ0v) is 14.4. The maximum Gasteiger partial charge on any atom is 0.239 e. The number of hydrogen-bond acceptors (Lipinski definition) is 3. The van der Waals surface area contributed by atoms with Crippen molar-refractivity contribution in [3.05, 3.63) is 28.2 Å². The highest BCUT2D eigenvalue weighted by molar-refractivity contribution is 7.88. The van der Waals surface area contributed by atoms with Gasteiger partial charge in [0, 0.05) is 11.6 Å². The molecule has 0 spiro atoms. The Bertz CT molecular complexity index is 618. The molecule has 0 saturated heterocycles. The second-order valence-corrected chi connectivity index (χ2v) is 7.95. The monoisotopic (exact) mass is 352 g/mol. The minimum absolute atomic E-state index is 0.117. The lowest BCUT2D eigenvalue weighted by Crippen LogP contribution is -2.39. The summed E-state index contributed by atoms with van der Waals surface area (Å²) in [4.78, 5) is 12.0. The fourth-order valence-electron chi connectivity index (χ4n) is 1.67. The van der Waals surface area contributed by atoms with Crippen molar-refractivity contribution < 1.29 is 13.2 Å². The second-order valence-electron chi connectivity index (χ2n) is 5.12. The molecule has 0 radical (unpaired) electrons. The van der Waals surface area contributed by atoms with Crippen LogP contribution in [-0.4, -0.2) is 38.0 Å². The van der Waals surface area contributed by atoms with Gasteiger partial charge in [-0.1, -0.05) is 37.0 Å². The van der Waals surface area contributed by atoms with Crippen molar-refractivity contribution in [1.29, 1.82) is 0 Å². The van der Waals surface area contributed by atoms with E-state index in [9.17, 15) is 13.2 Å². The first-order valence-electron chi connectivity index (χ1n) is 6.29. The van der Waals surface area contributed by atoms with Crippen molar-refractivity contribution in [3.8, 4) is 0 Å². The van der Waals surface area contributed by atoms with Gasteiger partial charge in [-0.25, -0.2) is 8.42 Å². The maximum absolute atomic E-state index is 12.0. The van der Waals surface area contributed by atoms with E-state index < -0.39 is 15.9 Å². The second kappa shape index (κ2) is 7.45. The minimum Gasteiger partial charge on any atom is -0.324 e. The molecule has 1 rings (SSSR count). The predicted octanol–water partition coefficient (Wildman–Crippen LogP) is 2.85. The lowest BCUT2D eigenvalue weighted by atomic mass is 10.2. The summed E-state index contributed by atoms with van der Waals surface area (Å²) in [7, 11) is -3.45. The molecule has 0 saturated carbocycles. The Morgan fingerprint density at radius 1 is 1.33 bits per heavy atom. The highest BCUT2D eigenvalue weighted by atomic mass is 35.5. The predicted molar refractivity (Wildman–Crippen MR) is 86.3 cm³/mol. The lowest BCUT2D eigenvalue weighted by Gasteiger charge is -2.21. The summed E-state index contributed by atoms with van der Waals surface area (Å²) in [6.45, 7) is 3.79. The first kappa shape index (κ1) is 18.2. The molecule has 0 aliphatic rings. The van der Waals surface area contributed by atoms with Crippen molar-refractivity contribution in [2.24, 2.45) is 5.92 Å². The number of nitrogens with one attached hydrogen (secondary N) is 1. The molecule has 5 nitrogen and oxygen atoms in total. The molecule has 0 aliphatic carbocycles. The van der Waals surface area contributed by atoms with E-state index in [0.717, 1.165) is 10.6 Å². The SMILES string of the molecule is CC(C)CN(CC(=O)Nc1ccc(Cl)cc1Cl)S(C)(=O)=O. The number of carbonyl (C=O) groups is 1. The molecule has 0 atom stereocenters. The van der Waals surface area contributed by atoms with Crippen LogP contribution in [0.15, 0.2) is 18.2 Å². The number of amides is 1. The largest absolute Gasteiger partial charge is 0.324 e. The average Bonchev–Trinajstić information content (AvgIpc) is 2.30. The number of carbonyl (C=O) groups excluding carboxylic acids is 1. The van der Waals surface area contributed by atoms with Gasteiger partial charge in [0.25, 0.3) is 0 Å². The van der Waals surface area contributed by atoms with Gasteiger partial charge in [0.1, 0.15) is 0 Å².